The van der Waals surface area contributed by atoms with Gasteiger partial charge in [0.1, 0.15) is 5.78 Å². The number of nitrogens with zero attached hydrogens (tertiary/aromatic N) is 1. The lowest BCUT2D eigenvalue weighted by atomic mass is 9.96. The monoisotopic (exact) mass is 239 g/mol. The summed E-state index contributed by atoms with van der Waals surface area (Å²) in [5.74, 6) is 0.757. The van der Waals surface area contributed by atoms with Gasteiger partial charge in [-0.05, 0) is 37.3 Å². The van der Waals surface area contributed by atoms with Gasteiger partial charge < -0.3 is 0 Å². The highest BCUT2D eigenvalue weighted by Crippen LogP contribution is 2.27. The fourth-order valence-corrected chi connectivity index (χ4v) is 2.89. The molecule has 1 heterocycles. The van der Waals surface area contributed by atoms with Crippen molar-refractivity contribution in [2.24, 2.45) is 5.92 Å². The van der Waals surface area contributed by atoms with Crippen LogP contribution in [0.5, 0.6) is 0 Å². The first kappa shape index (κ1) is 11.4. The molecule has 1 aromatic carbocycles. The number of carbonyl (C=O) groups is 1. The van der Waals surface area contributed by atoms with Crippen LogP contribution >= 0.6 is 0 Å². The SMILES string of the molecule is O=C1CCCC1CCc1cccc2cccnc12. The Morgan fingerprint density at radius 3 is 2.94 bits per heavy atom. The highest BCUT2D eigenvalue weighted by Gasteiger charge is 2.23. The zero-order valence-corrected chi connectivity index (χ0v) is 10.4. The van der Waals surface area contributed by atoms with Gasteiger partial charge >= 0.3 is 0 Å². The number of carbonyl (C=O) groups excluding carboxylic acids is 1. The summed E-state index contributed by atoms with van der Waals surface area (Å²) in [7, 11) is 0. The Morgan fingerprint density at radius 2 is 2.11 bits per heavy atom. The van der Waals surface area contributed by atoms with E-state index in [0.29, 0.717) is 11.7 Å². The Labute approximate surface area is 107 Å². The van der Waals surface area contributed by atoms with Gasteiger partial charge in [-0.15, -0.1) is 0 Å². The Bertz CT molecular complexity index is 571. The van der Waals surface area contributed by atoms with Crippen LogP contribution in [0.15, 0.2) is 36.5 Å². The molecule has 0 saturated heterocycles. The second-order valence-corrected chi connectivity index (χ2v) is 5.09. The van der Waals surface area contributed by atoms with E-state index in [1.54, 1.807) is 0 Å². The lowest BCUT2D eigenvalue weighted by Crippen LogP contribution is -2.07. The number of ketones is 1. The van der Waals surface area contributed by atoms with Gasteiger partial charge in [0.25, 0.3) is 0 Å². The van der Waals surface area contributed by atoms with Crippen LogP contribution in [0.3, 0.4) is 0 Å². The summed E-state index contributed by atoms with van der Waals surface area (Å²) in [4.78, 5) is 16.1. The standard InChI is InChI=1S/C16H17NO/c18-15-8-2-4-12(15)9-10-14-6-1-5-13-7-3-11-17-16(13)14/h1,3,5-7,11-12H,2,4,8-10H2. The Balaban J connectivity index is 1.80. The molecular formula is C16H17NO. The lowest BCUT2D eigenvalue weighted by Gasteiger charge is -2.09. The Kier molecular flexibility index (Phi) is 3.09. The van der Waals surface area contributed by atoms with Crippen LogP contribution in [-0.2, 0) is 11.2 Å². The van der Waals surface area contributed by atoms with E-state index in [-0.39, 0.29) is 0 Å². The molecule has 0 radical (unpaired) electrons. The average Bonchev–Trinajstić information content (AvgIpc) is 2.82. The van der Waals surface area contributed by atoms with Crippen molar-refractivity contribution in [3.8, 4) is 0 Å². The quantitative estimate of drug-likeness (QED) is 0.820. The second-order valence-electron chi connectivity index (χ2n) is 5.09. The highest BCUT2D eigenvalue weighted by molar-refractivity contribution is 5.83. The molecule has 2 heteroatoms. The van der Waals surface area contributed by atoms with Crippen molar-refractivity contribution in [3.05, 3.63) is 42.1 Å². The van der Waals surface area contributed by atoms with Gasteiger partial charge in [0.15, 0.2) is 0 Å². The van der Waals surface area contributed by atoms with Crippen molar-refractivity contribution in [2.45, 2.75) is 32.1 Å². The van der Waals surface area contributed by atoms with Gasteiger partial charge in [-0.2, -0.15) is 0 Å². The van der Waals surface area contributed by atoms with E-state index in [1.165, 1.54) is 10.9 Å². The number of para-hydroxylation sites is 1. The first-order chi connectivity index (χ1) is 8.84. The minimum Gasteiger partial charge on any atom is -0.299 e. The molecule has 1 aliphatic carbocycles. The smallest absolute Gasteiger partial charge is 0.135 e. The topological polar surface area (TPSA) is 30.0 Å². The number of hydrogen-bond donors (Lipinski definition) is 0. The molecule has 1 fully saturated rings. The lowest BCUT2D eigenvalue weighted by molar-refractivity contribution is -0.120. The van der Waals surface area contributed by atoms with Crippen molar-refractivity contribution in [2.75, 3.05) is 0 Å². The summed E-state index contributed by atoms with van der Waals surface area (Å²) >= 11 is 0. The fourth-order valence-electron chi connectivity index (χ4n) is 2.89. The molecule has 1 unspecified atom stereocenters. The largest absolute Gasteiger partial charge is 0.299 e. The van der Waals surface area contributed by atoms with E-state index in [2.05, 4.69) is 29.2 Å². The molecule has 2 nitrogen and oxygen atoms in total. The van der Waals surface area contributed by atoms with Gasteiger partial charge in [0, 0.05) is 23.9 Å². The molecule has 1 atom stereocenters. The van der Waals surface area contributed by atoms with Crippen molar-refractivity contribution in [1.82, 2.24) is 4.98 Å². The molecule has 0 aliphatic heterocycles. The molecule has 0 amide bonds. The van der Waals surface area contributed by atoms with Crippen molar-refractivity contribution < 1.29 is 4.79 Å². The minimum atomic E-state index is 0.295. The van der Waals surface area contributed by atoms with E-state index >= 15 is 0 Å². The van der Waals surface area contributed by atoms with Crippen LogP contribution in [-0.4, -0.2) is 10.8 Å². The maximum Gasteiger partial charge on any atom is 0.135 e. The molecule has 1 saturated carbocycles. The number of benzene rings is 1. The average molecular weight is 239 g/mol. The molecule has 18 heavy (non-hydrogen) atoms. The summed E-state index contributed by atoms with van der Waals surface area (Å²) in [5, 5.41) is 1.19. The van der Waals surface area contributed by atoms with Crippen LogP contribution in [0.4, 0.5) is 0 Å². The molecule has 92 valence electrons. The summed E-state index contributed by atoms with van der Waals surface area (Å²) < 4.78 is 0. The van der Waals surface area contributed by atoms with Crippen molar-refractivity contribution in [1.29, 1.82) is 0 Å². The zero-order chi connectivity index (χ0) is 12.4. The highest BCUT2D eigenvalue weighted by atomic mass is 16.1. The van der Waals surface area contributed by atoms with E-state index in [4.69, 9.17) is 0 Å². The number of Topliss-reactive ketones (excluding diaryl/α,β-unsaturated/α-hetero) is 1. The third-order valence-corrected chi connectivity index (χ3v) is 3.91. The van der Waals surface area contributed by atoms with Crippen LogP contribution in [0.25, 0.3) is 10.9 Å². The third kappa shape index (κ3) is 2.15. The number of aromatic nitrogens is 1. The number of fused-ring (bicyclic) bond motifs is 1. The normalized spacial score (nSPS) is 19.6. The van der Waals surface area contributed by atoms with Crippen LogP contribution in [0.1, 0.15) is 31.2 Å². The maximum atomic E-state index is 11.6. The molecule has 0 N–H and O–H groups in total. The maximum absolute atomic E-state index is 11.6. The summed E-state index contributed by atoms with van der Waals surface area (Å²) in [6.07, 6.45) is 6.73. The van der Waals surface area contributed by atoms with Crippen LogP contribution in [0, 0.1) is 5.92 Å². The van der Waals surface area contributed by atoms with E-state index < -0.39 is 0 Å². The first-order valence-electron chi connectivity index (χ1n) is 6.70. The molecule has 3 rings (SSSR count). The van der Waals surface area contributed by atoms with Gasteiger partial charge in [-0.3, -0.25) is 9.78 Å². The molecule has 0 spiro atoms. The van der Waals surface area contributed by atoms with E-state index in [1.807, 2.05) is 12.3 Å². The summed E-state index contributed by atoms with van der Waals surface area (Å²) in [5.41, 5.74) is 2.36. The van der Waals surface area contributed by atoms with Crippen LogP contribution < -0.4 is 0 Å². The fraction of sp³-hybridized carbons (Fsp3) is 0.375. The molecule has 1 aliphatic rings. The number of aryl methyl sites for hydroxylation is 1. The Morgan fingerprint density at radius 1 is 1.22 bits per heavy atom. The van der Waals surface area contributed by atoms with Gasteiger partial charge in [-0.1, -0.05) is 24.3 Å². The molecule has 0 bridgehead atoms. The van der Waals surface area contributed by atoms with Crippen molar-refractivity contribution >= 4 is 16.7 Å². The predicted molar refractivity (Wildman–Crippen MR) is 72.4 cm³/mol. The summed E-state index contributed by atoms with van der Waals surface area (Å²) in [6, 6.07) is 10.4. The molecular weight excluding hydrogens is 222 g/mol. The van der Waals surface area contributed by atoms with Gasteiger partial charge in [-0.25, -0.2) is 0 Å². The number of rotatable bonds is 3. The minimum absolute atomic E-state index is 0.295. The van der Waals surface area contributed by atoms with E-state index in [9.17, 15) is 4.79 Å². The second kappa shape index (κ2) is 4.89. The number of hydrogen-bond acceptors (Lipinski definition) is 2. The first-order valence-corrected chi connectivity index (χ1v) is 6.70. The van der Waals surface area contributed by atoms with Gasteiger partial charge in [0.2, 0.25) is 0 Å². The molecule has 1 aromatic heterocycles. The summed E-state index contributed by atoms with van der Waals surface area (Å²) in [6.45, 7) is 0. The van der Waals surface area contributed by atoms with E-state index in [0.717, 1.165) is 37.6 Å². The molecule has 2 aromatic rings. The van der Waals surface area contributed by atoms with Crippen molar-refractivity contribution in [3.63, 3.8) is 0 Å². The third-order valence-electron chi connectivity index (χ3n) is 3.91. The van der Waals surface area contributed by atoms with Gasteiger partial charge in [0.05, 0.1) is 5.52 Å². The Hall–Kier alpha value is -1.70. The predicted octanol–water partition coefficient (Wildman–Crippen LogP) is 3.54. The zero-order valence-electron chi connectivity index (χ0n) is 10.4. The van der Waals surface area contributed by atoms with Crippen LogP contribution in [0.2, 0.25) is 0 Å². The number of pyridine rings is 1.